The normalized spacial score (nSPS) is 12.7. The number of carbonyl (C=O) groups is 2. The molecule has 2 aromatic carbocycles. The maximum Gasteiger partial charge on any atom is 0.305 e. The molecule has 0 spiro atoms. The Morgan fingerprint density at radius 2 is 1.84 bits per heavy atom. The fourth-order valence-corrected chi connectivity index (χ4v) is 3.45. The number of aryl methyl sites for hydroxylation is 1. The molecular formula is C21H21N4O5S-. The van der Waals surface area contributed by atoms with Crippen LogP contribution < -0.4 is 9.62 Å². The van der Waals surface area contributed by atoms with Gasteiger partial charge in [0.1, 0.15) is 5.82 Å². The van der Waals surface area contributed by atoms with Crippen LogP contribution in [0.5, 0.6) is 0 Å². The van der Waals surface area contributed by atoms with E-state index in [-0.39, 0.29) is 17.9 Å². The Hall–Kier alpha value is -3.50. The van der Waals surface area contributed by atoms with Crippen molar-refractivity contribution in [2.45, 2.75) is 19.4 Å². The van der Waals surface area contributed by atoms with Crippen molar-refractivity contribution in [2.75, 3.05) is 11.4 Å². The SMILES string of the molecule is Cc1ccccc1[C@H](CC(=O)O)NC(=O)c1cc(N(C)S(=O)[O-])n(-c2ccccc2)n1. The van der Waals surface area contributed by atoms with E-state index in [1.807, 2.05) is 19.1 Å². The van der Waals surface area contributed by atoms with Crippen LogP contribution in [0.4, 0.5) is 5.82 Å². The Labute approximate surface area is 181 Å². The van der Waals surface area contributed by atoms with Crippen molar-refractivity contribution in [1.82, 2.24) is 15.1 Å². The third-order valence-electron chi connectivity index (χ3n) is 4.72. The first kappa shape index (κ1) is 22.2. The van der Waals surface area contributed by atoms with Crippen LogP contribution >= 0.6 is 0 Å². The van der Waals surface area contributed by atoms with Crippen molar-refractivity contribution in [2.24, 2.45) is 0 Å². The maximum atomic E-state index is 13.0. The molecule has 2 N–H and O–H groups in total. The average molecular weight is 441 g/mol. The minimum atomic E-state index is -2.58. The number of hydrogen-bond acceptors (Lipinski definition) is 5. The second-order valence-corrected chi connectivity index (χ2v) is 7.81. The second-order valence-electron chi connectivity index (χ2n) is 6.83. The molecule has 3 rings (SSSR count). The molecule has 0 saturated heterocycles. The number of benzene rings is 2. The molecule has 0 aliphatic heterocycles. The lowest BCUT2D eigenvalue weighted by atomic mass is 9.98. The first-order valence-corrected chi connectivity index (χ1v) is 10.4. The Bertz CT molecular complexity index is 1120. The molecule has 0 saturated carbocycles. The molecule has 1 unspecified atom stereocenters. The summed E-state index contributed by atoms with van der Waals surface area (Å²) in [7, 11) is 1.34. The van der Waals surface area contributed by atoms with Crippen LogP contribution in [-0.4, -0.2) is 42.6 Å². The number of hydrogen-bond donors (Lipinski definition) is 2. The predicted molar refractivity (Wildman–Crippen MR) is 115 cm³/mol. The highest BCUT2D eigenvalue weighted by molar-refractivity contribution is 7.80. The number of aliphatic carboxylic acids is 1. The molecule has 0 fully saturated rings. The zero-order valence-electron chi connectivity index (χ0n) is 16.9. The fourth-order valence-electron chi connectivity index (χ4n) is 3.17. The predicted octanol–water partition coefficient (Wildman–Crippen LogP) is 2.36. The third kappa shape index (κ3) is 5.16. The Morgan fingerprint density at radius 3 is 2.45 bits per heavy atom. The first-order valence-electron chi connectivity index (χ1n) is 9.34. The second kappa shape index (κ2) is 9.54. The van der Waals surface area contributed by atoms with Gasteiger partial charge in [0.25, 0.3) is 5.91 Å². The summed E-state index contributed by atoms with van der Waals surface area (Å²) in [5.74, 6) is -1.52. The van der Waals surface area contributed by atoms with E-state index in [9.17, 15) is 23.5 Å². The largest absolute Gasteiger partial charge is 0.755 e. The zero-order chi connectivity index (χ0) is 22.5. The van der Waals surface area contributed by atoms with E-state index in [2.05, 4.69) is 10.4 Å². The molecule has 2 atom stereocenters. The quantitative estimate of drug-likeness (QED) is 0.517. The summed E-state index contributed by atoms with van der Waals surface area (Å²) in [5.41, 5.74) is 2.04. The number of carboxylic acids is 1. The van der Waals surface area contributed by atoms with Gasteiger partial charge in [-0.2, -0.15) is 5.10 Å². The van der Waals surface area contributed by atoms with Gasteiger partial charge in [-0.15, -0.1) is 0 Å². The number of amides is 1. The minimum absolute atomic E-state index is 0.0415. The molecule has 0 radical (unpaired) electrons. The van der Waals surface area contributed by atoms with Crippen LogP contribution in [0.25, 0.3) is 5.69 Å². The average Bonchev–Trinajstić information content (AvgIpc) is 3.19. The highest BCUT2D eigenvalue weighted by atomic mass is 32.2. The number of carbonyl (C=O) groups excluding carboxylic acids is 1. The lowest BCUT2D eigenvalue weighted by Gasteiger charge is -2.21. The topological polar surface area (TPSA) is 128 Å². The number of rotatable bonds is 8. The maximum absolute atomic E-state index is 13.0. The highest BCUT2D eigenvalue weighted by Gasteiger charge is 2.24. The smallest absolute Gasteiger partial charge is 0.305 e. The summed E-state index contributed by atoms with van der Waals surface area (Å²) >= 11 is -2.58. The monoisotopic (exact) mass is 441 g/mol. The third-order valence-corrected chi connectivity index (χ3v) is 5.35. The molecule has 162 valence electrons. The van der Waals surface area contributed by atoms with Gasteiger partial charge in [0.15, 0.2) is 5.69 Å². The van der Waals surface area contributed by atoms with Gasteiger partial charge in [-0.3, -0.25) is 18.1 Å². The summed E-state index contributed by atoms with van der Waals surface area (Å²) in [6, 6.07) is 16.5. The van der Waals surface area contributed by atoms with E-state index in [0.717, 1.165) is 9.87 Å². The molecule has 0 aliphatic rings. The molecule has 3 aromatic rings. The van der Waals surface area contributed by atoms with Crippen molar-refractivity contribution >= 4 is 29.0 Å². The summed E-state index contributed by atoms with van der Waals surface area (Å²) in [6.07, 6.45) is -0.312. The van der Waals surface area contributed by atoms with Crippen molar-refractivity contribution in [3.8, 4) is 5.69 Å². The molecule has 0 bridgehead atoms. The summed E-state index contributed by atoms with van der Waals surface area (Å²) in [5, 5.41) is 16.3. The molecule has 1 amide bonds. The molecule has 31 heavy (non-hydrogen) atoms. The fraction of sp³-hybridized carbons (Fsp3) is 0.190. The van der Waals surface area contributed by atoms with Gasteiger partial charge < -0.3 is 15.0 Å². The number of aromatic nitrogens is 2. The van der Waals surface area contributed by atoms with Crippen LogP contribution in [0.3, 0.4) is 0 Å². The van der Waals surface area contributed by atoms with Crippen LogP contribution in [-0.2, 0) is 16.1 Å². The Morgan fingerprint density at radius 1 is 1.19 bits per heavy atom. The van der Waals surface area contributed by atoms with Gasteiger partial charge in [-0.1, -0.05) is 42.5 Å². The number of anilines is 1. The van der Waals surface area contributed by atoms with E-state index in [1.54, 1.807) is 42.5 Å². The zero-order valence-corrected chi connectivity index (χ0v) is 17.7. The van der Waals surface area contributed by atoms with Crippen molar-refractivity contribution in [3.05, 3.63) is 77.5 Å². The Kier molecular flexibility index (Phi) is 6.83. The number of carboxylic acid groups (broad SMARTS) is 1. The van der Waals surface area contributed by atoms with E-state index >= 15 is 0 Å². The highest BCUT2D eigenvalue weighted by Crippen LogP contribution is 2.24. The van der Waals surface area contributed by atoms with E-state index in [1.165, 1.54) is 17.8 Å². The van der Waals surface area contributed by atoms with Gasteiger partial charge in [0.05, 0.1) is 18.2 Å². The van der Waals surface area contributed by atoms with E-state index < -0.39 is 29.2 Å². The molecule has 9 nitrogen and oxygen atoms in total. The number of nitrogens with one attached hydrogen (secondary N) is 1. The van der Waals surface area contributed by atoms with E-state index in [4.69, 9.17) is 0 Å². The Balaban J connectivity index is 1.97. The van der Waals surface area contributed by atoms with Crippen molar-refractivity contribution < 1.29 is 23.5 Å². The molecule has 1 heterocycles. The summed E-state index contributed by atoms with van der Waals surface area (Å²) in [6.45, 7) is 1.83. The van der Waals surface area contributed by atoms with Crippen molar-refractivity contribution in [3.63, 3.8) is 0 Å². The van der Waals surface area contributed by atoms with Crippen LogP contribution in [0.15, 0.2) is 60.7 Å². The van der Waals surface area contributed by atoms with Crippen LogP contribution in [0, 0.1) is 6.92 Å². The minimum Gasteiger partial charge on any atom is -0.755 e. The molecule has 1 aromatic heterocycles. The number of para-hydroxylation sites is 1. The van der Waals surface area contributed by atoms with Gasteiger partial charge in [0, 0.05) is 24.4 Å². The van der Waals surface area contributed by atoms with Crippen molar-refractivity contribution in [1.29, 1.82) is 0 Å². The lowest BCUT2D eigenvalue weighted by molar-refractivity contribution is -0.137. The van der Waals surface area contributed by atoms with Gasteiger partial charge in [0.2, 0.25) is 0 Å². The van der Waals surface area contributed by atoms with E-state index in [0.29, 0.717) is 11.3 Å². The summed E-state index contributed by atoms with van der Waals surface area (Å²) in [4.78, 5) is 24.3. The summed E-state index contributed by atoms with van der Waals surface area (Å²) < 4.78 is 25.3. The standard InChI is InChI=1S/C21H22N4O5S/c1-14-8-6-7-11-16(14)17(13-20(26)27)22-21(28)18-12-19(24(2)31(29)30)25(23-18)15-9-4-3-5-10-15/h3-12,17H,13H2,1-2H3,(H,22,28)(H,26,27)(H,29,30)/p-1/t17-/m0/s1. The number of nitrogens with zero attached hydrogens (tertiary/aromatic N) is 3. The van der Waals surface area contributed by atoms with Gasteiger partial charge >= 0.3 is 5.97 Å². The first-order chi connectivity index (χ1) is 14.8. The van der Waals surface area contributed by atoms with Gasteiger partial charge in [-0.05, 0) is 30.2 Å². The molecule has 0 aliphatic carbocycles. The van der Waals surface area contributed by atoms with Crippen LogP contribution in [0.2, 0.25) is 0 Å². The van der Waals surface area contributed by atoms with Gasteiger partial charge in [-0.25, -0.2) is 4.68 Å². The molecule has 10 heteroatoms. The van der Waals surface area contributed by atoms with Crippen LogP contribution in [0.1, 0.15) is 34.1 Å². The lowest BCUT2D eigenvalue weighted by Crippen LogP contribution is -2.31. The molecular weight excluding hydrogens is 420 g/mol.